The van der Waals surface area contributed by atoms with Crippen molar-refractivity contribution in [3.05, 3.63) is 70.6 Å². The van der Waals surface area contributed by atoms with E-state index in [1.807, 2.05) is 24.3 Å². The third-order valence-electron chi connectivity index (χ3n) is 4.48. The normalized spacial score (nSPS) is 16.7. The Kier molecular flexibility index (Phi) is 3.69. The van der Waals surface area contributed by atoms with Gasteiger partial charge in [-0.25, -0.2) is 9.78 Å². The van der Waals surface area contributed by atoms with E-state index < -0.39 is 17.9 Å². The van der Waals surface area contributed by atoms with Gasteiger partial charge < -0.3 is 10.0 Å². The monoisotopic (exact) mass is 355 g/mol. The Morgan fingerprint density at radius 3 is 2.60 bits per heavy atom. The lowest BCUT2D eigenvalue weighted by Gasteiger charge is -2.34. The van der Waals surface area contributed by atoms with Gasteiger partial charge in [0, 0.05) is 19.2 Å². The molecule has 25 heavy (non-hydrogen) atoms. The molecule has 0 radical (unpaired) electrons. The van der Waals surface area contributed by atoms with E-state index in [1.165, 1.54) is 4.90 Å². The highest BCUT2D eigenvalue weighted by Gasteiger charge is 2.36. The number of rotatable bonds is 2. The molecule has 3 aromatic rings. The second-order valence-electron chi connectivity index (χ2n) is 5.94. The Morgan fingerprint density at radius 2 is 1.84 bits per heavy atom. The zero-order chi connectivity index (χ0) is 17.6. The molecule has 0 saturated heterocycles. The molecule has 6 nitrogen and oxygen atoms in total. The molecule has 1 aromatic carbocycles. The topological polar surface area (TPSA) is 74.9 Å². The molecule has 1 amide bonds. The smallest absolute Gasteiger partial charge is 0.326 e. The van der Waals surface area contributed by atoms with Gasteiger partial charge in [0.2, 0.25) is 0 Å². The number of pyridine rings is 1. The minimum Gasteiger partial charge on any atom is -0.480 e. The minimum atomic E-state index is -1.03. The van der Waals surface area contributed by atoms with Gasteiger partial charge in [-0.3, -0.25) is 9.20 Å². The molecule has 126 valence electrons. The summed E-state index contributed by atoms with van der Waals surface area (Å²) in [4.78, 5) is 30.4. The number of hydrogen-bond acceptors (Lipinski definition) is 3. The van der Waals surface area contributed by atoms with Crippen molar-refractivity contribution in [3.8, 4) is 0 Å². The largest absolute Gasteiger partial charge is 0.480 e. The van der Waals surface area contributed by atoms with Crippen LogP contribution >= 0.6 is 11.6 Å². The fraction of sp³-hybridized carbons (Fsp3) is 0.167. The van der Waals surface area contributed by atoms with Gasteiger partial charge in [0.05, 0.1) is 0 Å². The zero-order valence-electron chi connectivity index (χ0n) is 13.1. The van der Waals surface area contributed by atoms with Gasteiger partial charge in [-0.05, 0) is 23.3 Å². The van der Waals surface area contributed by atoms with Gasteiger partial charge in [0.15, 0.2) is 10.8 Å². The lowest BCUT2D eigenvalue weighted by Crippen LogP contribution is -2.49. The first-order chi connectivity index (χ1) is 12.1. The molecule has 0 bridgehead atoms. The van der Waals surface area contributed by atoms with Gasteiger partial charge in [0.1, 0.15) is 11.7 Å². The predicted molar refractivity (Wildman–Crippen MR) is 91.6 cm³/mol. The van der Waals surface area contributed by atoms with Crippen molar-refractivity contribution < 1.29 is 14.7 Å². The van der Waals surface area contributed by atoms with Crippen molar-refractivity contribution >= 4 is 29.1 Å². The van der Waals surface area contributed by atoms with E-state index in [2.05, 4.69) is 4.98 Å². The SMILES string of the molecule is O=C(O)[C@@H]1Cc2ccccc2CN1C(=O)c1c(Cl)nc2ccccn12. The standard InChI is InChI=1S/C18H14ClN3O3/c19-16-15(21-8-4-3-7-14(21)20-16)17(23)22-10-12-6-2-1-5-11(12)9-13(22)18(24)25/h1-8,13H,9-10H2,(H,24,25)/t13-/m0/s1. The van der Waals surface area contributed by atoms with Crippen LogP contribution in [0.5, 0.6) is 0 Å². The van der Waals surface area contributed by atoms with Gasteiger partial charge >= 0.3 is 5.97 Å². The lowest BCUT2D eigenvalue weighted by atomic mass is 9.93. The van der Waals surface area contributed by atoms with Crippen LogP contribution in [-0.4, -0.2) is 37.3 Å². The van der Waals surface area contributed by atoms with Gasteiger partial charge in [0.25, 0.3) is 5.91 Å². The third kappa shape index (κ3) is 2.55. The van der Waals surface area contributed by atoms with Crippen LogP contribution in [0.1, 0.15) is 21.6 Å². The lowest BCUT2D eigenvalue weighted by molar-refractivity contribution is -0.142. The molecule has 3 heterocycles. The molecule has 0 spiro atoms. The average molecular weight is 356 g/mol. The molecule has 0 saturated carbocycles. The van der Waals surface area contributed by atoms with Crippen molar-refractivity contribution in [2.45, 2.75) is 19.0 Å². The third-order valence-corrected chi connectivity index (χ3v) is 4.75. The Balaban J connectivity index is 1.80. The van der Waals surface area contributed by atoms with Crippen LogP contribution < -0.4 is 0 Å². The van der Waals surface area contributed by atoms with E-state index >= 15 is 0 Å². The molecule has 0 fully saturated rings. The number of aliphatic carboxylic acids is 1. The van der Waals surface area contributed by atoms with Crippen LogP contribution in [0.25, 0.3) is 5.65 Å². The maximum absolute atomic E-state index is 13.1. The summed E-state index contributed by atoms with van der Waals surface area (Å²) in [5.41, 5.74) is 2.62. The van der Waals surface area contributed by atoms with E-state index in [0.29, 0.717) is 5.65 Å². The number of benzene rings is 1. The van der Waals surface area contributed by atoms with Crippen molar-refractivity contribution in [2.75, 3.05) is 0 Å². The van der Waals surface area contributed by atoms with Gasteiger partial charge in [-0.1, -0.05) is 41.9 Å². The second-order valence-corrected chi connectivity index (χ2v) is 6.30. The number of nitrogens with zero attached hydrogens (tertiary/aromatic N) is 3. The molecule has 1 atom stereocenters. The van der Waals surface area contributed by atoms with Crippen LogP contribution in [0, 0.1) is 0 Å². The average Bonchev–Trinajstić information content (AvgIpc) is 2.95. The molecular weight excluding hydrogens is 342 g/mol. The number of halogens is 1. The highest BCUT2D eigenvalue weighted by molar-refractivity contribution is 6.32. The Morgan fingerprint density at radius 1 is 1.12 bits per heavy atom. The fourth-order valence-electron chi connectivity index (χ4n) is 3.25. The summed E-state index contributed by atoms with van der Waals surface area (Å²) in [6.45, 7) is 0.225. The summed E-state index contributed by atoms with van der Waals surface area (Å²) in [5.74, 6) is -1.47. The number of carbonyl (C=O) groups excluding carboxylic acids is 1. The first-order valence-corrected chi connectivity index (χ1v) is 8.17. The predicted octanol–water partition coefficient (Wildman–Crippen LogP) is 2.64. The van der Waals surface area contributed by atoms with Crippen LogP contribution in [0.4, 0.5) is 0 Å². The van der Waals surface area contributed by atoms with E-state index in [4.69, 9.17) is 11.6 Å². The van der Waals surface area contributed by atoms with Gasteiger partial charge in [-0.15, -0.1) is 0 Å². The van der Waals surface area contributed by atoms with Crippen LogP contribution in [-0.2, 0) is 17.8 Å². The van der Waals surface area contributed by atoms with E-state index in [-0.39, 0.29) is 23.8 Å². The summed E-state index contributed by atoms with van der Waals surface area (Å²) in [7, 11) is 0. The molecule has 0 aliphatic carbocycles. The molecule has 1 aliphatic heterocycles. The van der Waals surface area contributed by atoms with Crippen molar-refractivity contribution in [2.24, 2.45) is 0 Å². The molecule has 0 unspecified atom stereocenters. The highest BCUT2D eigenvalue weighted by Crippen LogP contribution is 2.27. The molecule has 4 rings (SSSR count). The zero-order valence-corrected chi connectivity index (χ0v) is 13.8. The molecular formula is C18H14ClN3O3. The van der Waals surface area contributed by atoms with E-state index in [0.717, 1.165) is 11.1 Å². The number of carbonyl (C=O) groups is 2. The number of hydrogen-bond donors (Lipinski definition) is 1. The fourth-order valence-corrected chi connectivity index (χ4v) is 3.51. The summed E-state index contributed by atoms with van der Waals surface area (Å²) < 4.78 is 1.59. The molecule has 1 aliphatic rings. The van der Waals surface area contributed by atoms with E-state index in [1.54, 1.807) is 28.8 Å². The number of aromatic nitrogens is 2. The number of fused-ring (bicyclic) bond motifs is 2. The first kappa shape index (κ1) is 15.7. The van der Waals surface area contributed by atoms with Crippen molar-refractivity contribution in [1.29, 1.82) is 0 Å². The van der Waals surface area contributed by atoms with Gasteiger partial charge in [-0.2, -0.15) is 0 Å². The quantitative estimate of drug-likeness (QED) is 0.766. The maximum atomic E-state index is 13.1. The number of imidazole rings is 1. The minimum absolute atomic E-state index is 0.0687. The Bertz CT molecular complexity index is 998. The Labute approximate surface area is 148 Å². The van der Waals surface area contributed by atoms with Crippen molar-refractivity contribution in [1.82, 2.24) is 14.3 Å². The van der Waals surface area contributed by atoms with Crippen molar-refractivity contribution in [3.63, 3.8) is 0 Å². The summed E-state index contributed by atoms with van der Waals surface area (Å²) in [6, 6.07) is 11.9. The number of amides is 1. The number of carboxylic acid groups (broad SMARTS) is 1. The first-order valence-electron chi connectivity index (χ1n) is 7.79. The summed E-state index contributed by atoms with van der Waals surface area (Å²) in [5, 5.41) is 9.68. The second kappa shape index (κ2) is 5.89. The van der Waals surface area contributed by atoms with Crippen LogP contribution in [0.2, 0.25) is 5.15 Å². The molecule has 7 heteroatoms. The van der Waals surface area contributed by atoms with Crippen LogP contribution in [0.3, 0.4) is 0 Å². The summed E-state index contributed by atoms with van der Waals surface area (Å²) in [6.07, 6.45) is 1.96. The summed E-state index contributed by atoms with van der Waals surface area (Å²) >= 11 is 6.18. The maximum Gasteiger partial charge on any atom is 0.326 e. The molecule has 2 aromatic heterocycles. The highest BCUT2D eigenvalue weighted by atomic mass is 35.5. The number of carboxylic acids is 1. The van der Waals surface area contributed by atoms with Crippen LogP contribution in [0.15, 0.2) is 48.7 Å². The molecule has 1 N–H and O–H groups in total. The Hall–Kier alpha value is -2.86. The van der Waals surface area contributed by atoms with E-state index in [9.17, 15) is 14.7 Å².